The summed E-state index contributed by atoms with van der Waals surface area (Å²) in [6.07, 6.45) is 4.78. The van der Waals surface area contributed by atoms with E-state index in [0.717, 1.165) is 5.92 Å². The van der Waals surface area contributed by atoms with Gasteiger partial charge in [-0.3, -0.25) is 15.0 Å². The number of rotatable bonds is 3. The molecule has 0 aliphatic rings. The molecule has 0 saturated carbocycles. The highest BCUT2D eigenvalue weighted by Gasteiger charge is 1.96. The van der Waals surface area contributed by atoms with Crippen LogP contribution >= 0.6 is 10.0 Å². The van der Waals surface area contributed by atoms with Crippen LogP contribution in [0.15, 0.2) is 30.6 Å². The van der Waals surface area contributed by atoms with E-state index in [9.17, 15) is 0 Å². The Bertz CT molecular complexity index is 158. The largest absolute Gasteiger partial charge is 1.00 e. The monoisotopic (exact) mass is 247 g/mol. The number of nitrogens with zero attached hydrogens (tertiary/aromatic N) is 1. The standard InChI is InChI=1S/C5H5N.C5H11.Al.2ClH/c1-2-4-6-5-3-1;1-4-5(2)3;;;/h1-5H;5H,2,4H2,1,3H3;;2*1H/q;;+1;;/p-2. The molecule has 1 radical (unpaired) electrons. The van der Waals surface area contributed by atoms with Gasteiger partial charge in [0.05, 0.1) is 0 Å². The quantitative estimate of drug-likeness (QED) is 0.705. The maximum atomic E-state index is 5.56. The zero-order valence-corrected chi connectivity index (χ0v) is 11.3. The zero-order chi connectivity index (χ0) is 9.94. The molecule has 0 fully saturated rings. The molecule has 0 bridgehead atoms. The van der Waals surface area contributed by atoms with Crippen LogP contribution in [-0.2, 0) is 0 Å². The van der Waals surface area contributed by atoms with Crippen LogP contribution in [0, 0.1) is 5.92 Å². The second kappa shape index (κ2) is 13.3. The van der Waals surface area contributed by atoms with Crippen LogP contribution in [0.1, 0.15) is 20.3 Å². The van der Waals surface area contributed by atoms with Crippen molar-refractivity contribution < 1.29 is 12.4 Å². The van der Waals surface area contributed by atoms with Crippen LogP contribution < -0.4 is 12.4 Å². The van der Waals surface area contributed by atoms with Gasteiger partial charge >= 0.3 is 14.3 Å². The highest BCUT2D eigenvalue weighted by Crippen LogP contribution is 2.05. The highest BCUT2D eigenvalue weighted by molar-refractivity contribution is 6.93. The molecule has 0 spiro atoms. The number of halogens is 2. The average molecular weight is 248 g/mol. The maximum absolute atomic E-state index is 5.56. The van der Waals surface area contributed by atoms with Gasteiger partial charge in [0.1, 0.15) is 0 Å². The topological polar surface area (TPSA) is 12.9 Å². The molecule has 0 aliphatic heterocycles. The predicted molar refractivity (Wildman–Crippen MR) is 60.1 cm³/mol. The molecular formula is C10H16AlCl2N-. The Hall–Kier alpha value is 0.262. The van der Waals surface area contributed by atoms with Crippen molar-refractivity contribution in [3.05, 3.63) is 30.6 Å². The van der Waals surface area contributed by atoms with E-state index in [1.165, 1.54) is 11.7 Å². The van der Waals surface area contributed by atoms with Crippen molar-refractivity contribution in [1.82, 2.24) is 4.98 Å². The summed E-state index contributed by atoms with van der Waals surface area (Å²) >= 11 is 0.222. The summed E-state index contributed by atoms with van der Waals surface area (Å²) in [6.45, 7) is 4.45. The van der Waals surface area contributed by atoms with Crippen LogP contribution in [0.4, 0.5) is 0 Å². The van der Waals surface area contributed by atoms with Gasteiger partial charge in [-0.05, 0) is 12.1 Å². The summed E-state index contributed by atoms with van der Waals surface area (Å²) in [6, 6.07) is 5.72. The van der Waals surface area contributed by atoms with Crippen molar-refractivity contribution in [2.45, 2.75) is 25.6 Å². The minimum atomic E-state index is 0. The van der Waals surface area contributed by atoms with E-state index in [2.05, 4.69) is 18.8 Å². The average Bonchev–Trinajstić information content (AvgIpc) is 2.22. The van der Waals surface area contributed by atoms with Gasteiger partial charge in [-0.15, -0.1) is 0 Å². The molecule has 1 unspecified atom stereocenters. The Morgan fingerprint density at radius 2 is 1.86 bits per heavy atom. The van der Waals surface area contributed by atoms with Gasteiger partial charge in [0.2, 0.25) is 0 Å². The Morgan fingerprint density at radius 1 is 1.29 bits per heavy atom. The minimum Gasteiger partial charge on any atom is -1.00 e. The first-order chi connectivity index (χ1) is 6.31. The van der Waals surface area contributed by atoms with Crippen molar-refractivity contribution >= 4 is 24.3 Å². The molecule has 0 aromatic carbocycles. The Kier molecular flexibility index (Phi) is 15.8. The summed E-state index contributed by atoms with van der Waals surface area (Å²) < 4.78 is 0. The predicted octanol–water partition coefficient (Wildman–Crippen LogP) is 0.394. The fourth-order valence-electron chi connectivity index (χ4n) is 0.631. The minimum absolute atomic E-state index is 0. The van der Waals surface area contributed by atoms with Crippen LogP contribution in [0.2, 0.25) is 5.28 Å². The van der Waals surface area contributed by atoms with Crippen molar-refractivity contribution in [2.24, 2.45) is 5.92 Å². The molecule has 1 nitrogen and oxygen atoms in total. The zero-order valence-electron chi connectivity index (χ0n) is 8.66. The summed E-state index contributed by atoms with van der Waals surface area (Å²) in [5, 5.41) is 1.25. The molecule has 1 aromatic rings. The number of hydrogen-bond donors (Lipinski definition) is 0. The fourth-order valence-corrected chi connectivity index (χ4v) is 2.18. The Labute approximate surface area is 104 Å². The maximum Gasteiger partial charge on any atom is 0.356 e. The SMILES string of the molecule is CCC(C)[CH2][Al][Cl].[Cl-].c1ccncc1. The molecule has 4 heteroatoms. The molecule has 0 saturated heterocycles. The lowest BCUT2D eigenvalue weighted by Crippen LogP contribution is -3.00. The third-order valence-corrected chi connectivity index (χ3v) is 3.27. The van der Waals surface area contributed by atoms with E-state index in [4.69, 9.17) is 10.0 Å². The van der Waals surface area contributed by atoms with Crippen LogP contribution in [0.5, 0.6) is 0 Å². The van der Waals surface area contributed by atoms with Gasteiger partial charge < -0.3 is 12.4 Å². The lowest BCUT2D eigenvalue weighted by molar-refractivity contribution is -0.00000283. The van der Waals surface area contributed by atoms with E-state index in [0.29, 0.717) is 0 Å². The van der Waals surface area contributed by atoms with Gasteiger partial charge in [0.15, 0.2) is 0 Å². The summed E-state index contributed by atoms with van der Waals surface area (Å²) in [5.41, 5.74) is 0. The lowest BCUT2D eigenvalue weighted by atomic mass is 10.2. The van der Waals surface area contributed by atoms with E-state index in [-0.39, 0.29) is 26.7 Å². The van der Waals surface area contributed by atoms with Crippen molar-refractivity contribution in [3.8, 4) is 0 Å². The third-order valence-electron chi connectivity index (χ3n) is 1.75. The second-order valence-corrected chi connectivity index (χ2v) is 4.63. The summed E-state index contributed by atoms with van der Waals surface area (Å²) in [4.78, 5) is 3.78. The third kappa shape index (κ3) is 12.3. The normalized spacial score (nSPS) is 10.2. The van der Waals surface area contributed by atoms with Gasteiger partial charge in [-0.25, -0.2) is 0 Å². The molecular weight excluding hydrogens is 232 g/mol. The van der Waals surface area contributed by atoms with Crippen LogP contribution in [0.25, 0.3) is 0 Å². The highest BCUT2D eigenvalue weighted by atomic mass is 35.6. The number of pyridine rings is 1. The molecule has 0 N–H and O–H groups in total. The van der Waals surface area contributed by atoms with Crippen LogP contribution in [0.3, 0.4) is 0 Å². The van der Waals surface area contributed by atoms with Crippen LogP contribution in [-0.4, -0.2) is 19.3 Å². The summed E-state index contributed by atoms with van der Waals surface area (Å²) in [7, 11) is 5.56. The van der Waals surface area contributed by atoms with E-state index in [1.54, 1.807) is 12.4 Å². The van der Waals surface area contributed by atoms with Crippen molar-refractivity contribution in [1.29, 1.82) is 0 Å². The van der Waals surface area contributed by atoms with Gasteiger partial charge in [-0.2, -0.15) is 0 Å². The molecule has 1 heterocycles. The fraction of sp³-hybridized carbons (Fsp3) is 0.500. The molecule has 1 aromatic heterocycles. The first kappa shape index (κ1) is 16.7. The molecule has 79 valence electrons. The number of aromatic nitrogens is 1. The molecule has 14 heavy (non-hydrogen) atoms. The Balaban J connectivity index is 0. The first-order valence-electron chi connectivity index (χ1n) is 4.58. The molecule has 0 amide bonds. The van der Waals surface area contributed by atoms with E-state index >= 15 is 0 Å². The molecule has 0 aliphatic carbocycles. The first-order valence-corrected chi connectivity index (χ1v) is 7.14. The molecule has 1 atom stereocenters. The van der Waals surface area contributed by atoms with Gasteiger partial charge in [0, 0.05) is 12.4 Å². The van der Waals surface area contributed by atoms with Gasteiger partial charge in [0.25, 0.3) is 0 Å². The summed E-state index contributed by atoms with van der Waals surface area (Å²) in [5.74, 6) is 0.854. The van der Waals surface area contributed by atoms with E-state index in [1.807, 2.05) is 18.2 Å². The van der Waals surface area contributed by atoms with Crippen molar-refractivity contribution in [3.63, 3.8) is 0 Å². The second-order valence-electron chi connectivity index (χ2n) is 2.93. The van der Waals surface area contributed by atoms with Crippen molar-refractivity contribution in [2.75, 3.05) is 0 Å². The smallest absolute Gasteiger partial charge is 0.356 e. The number of hydrogen-bond acceptors (Lipinski definition) is 1. The Morgan fingerprint density at radius 3 is 2.00 bits per heavy atom. The molecule has 1 rings (SSSR count). The van der Waals surface area contributed by atoms with E-state index < -0.39 is 0 Å². The lowest BCUT2D eigenvalue weighted by Gasteiger charge is -2.00. The van der Waals surface area contributed by atoms with Gasteiger partial charge in [-0.1, -0.05) is 37.5 Å².